The SMILES string of the molecule is C[C@H](NC(=O)Cc1cccc(O)c1)c1cccc(NC(=O)c2ccccc2)c1. The number of phenols is 1. The molecule has 0 unspecified atom stereocenters. The molecule has 3 aromatic rings. The van der Waals surface area contributed by atoms with Gasteiger partial charge in [0, 0.05) is 11.3 Å². The van der Waals surface area contributed by atoms with Crippen molar-refractivity contribution in [2.75, 3.05) is 5.32 Å². The molecule has 0 aromatic heterocycles. The molecular weight excluding hydrogens is 352 g/mol. The summed E-state index contributed by atoms with van der Waals surface area (Å²) in [5.41, 5.74) is 2.88. The van der Waals surface area contributed by atoms with Gasteiger partial charge in [0.2, 0.25) is 5.91 Å². The zero-order valence-electron chi connectivity index (χ0n) is 15.6. The number of benzene rings is 3. The van der Waals surface area contributed by atoms with Crippen molar-refractivity contribution in [3.63, 3.8) is 0 Å². The summed E-state index contributed by atoms with van der Waals surface area (Å²) in [5, 5.41) is 15.3. The van der Waals surface area contributed by atoms with Crippen LogP contribution < -0.4 is 10.6 Å². The van der Waals surface area contributed by atoms with E-state index in [2.05, 4.69) is 10.6 Å². The van der Waals surface area contributed by atoms with Crippen LogP contribution in [-0.4, -0.2) is 16.9 Å². The Morgan fingerprint density at radius 1 is 0.929 bits per heavy atom. The number of anilines is 1. The molecule has 1 atom stereocenters. The van der Waals surface area contributed by atoms with Crippen molar-refractivity contribution in [1.29, 1.82) is 0 Å². The Hall–Kier alpha value is -3.60. The average molecular weight is 374 g/mol. The molecule has 2 amide bonds. The van der Waals surface area contributed by atoms with Crippen molar-refractivity contribution in [1.82, 2.24) is 5.32 Å². The Labute approximate surface area is 164 Å². The van der Waals surface area contributed by atoms with Crippen LogP contribution in [0.2, 0.25) is 0 Å². The van der Waals surface area contributed by atoms with Crippen LogP contribution in [0.1, 0.15) is 34.5 Å². The predicted molar refractivity (Wildman–Crippen MR) is 109 cm³/mol. The highest BCUT2D eigenvalue weighted by molar-refractivity contribution is 6.04. The van der Waals surface area contributed by atoms with E-state index >= 15 is 0 Å². The smallest absolute Gasteiger partial charge is 0.255 e. The van der Waals surface area contributed by atoms with E-state index in [1.54, 1.807) is 36.4 Å². The van der Waals surface area contributed by atoms with Gasteiger partial charge in [-0.25, -0.2) is 0 Å². The molecule has 0 radical (unpaired) electrons. The van der Waals surface area contributed by atoms with Crippen LogP contribution in [0.5, 0.6) is 5.75 Å². The van der Waals surface area contributed by atoms with Crippen molar-refractivity contribution in [3.8, 4) is 5.75 Å². The number of hydrogen-bond acceptors (Lipinski definition) is 3. The molecule has 0 fully saturated rings. The van der Waals surface area contributed by atoms with E-state index in [0.717, 1.165) is 11.1 Å². The van der Waals surface area contributed by atoms with E-state index in [-0.39, 0.29) is 30.0 Å². The molecule has 0 heterocycles. The minimum Gasteiger partial charge on any atom is -0.508 e. The van der Waals surface area contributed by atoms with Gasteiger partial charge in [-0.15, -0.1) is 0 Å². The van der Waals surface area contributed by atoms with Crippen molar-refractivity contribution in [2.45, 2.75) is 19.4 Å². The fourth-order valence-corrected chi connectivity index (χ4v) is 2.91. The Kier molecular flexibility index (Phi) is 6.07. The van der Waals surface area contributed by atoms with E-state index in [1.807, 2.05) is 49.4 Å². The second kappa shape index (κ2) is 8.86. The van der Waals surface area contributed by atoms with Crippen molar-refractivity contribution in [3.05, 3.63) is 95.6 Å². The van der Waals surface area contributed by atoms with Gasteiger partial charge in [0.15, 0.2) is 0 Å². The quantitative estimate of drug-likeness (QED) is 0.609. The normalized spacial score (nSPS) is 11.5. The van der Waals surface area contributed by atoms with E-state index in [4.69, 9.17) is 0 Å². The lowest BCUT2D eigenvalue weighted by Gasteiger charge is -2.16. The second-order valence-electron chi connectivity index (χ2n) is 6.58. The summed E-state index contributed by atoms with van der Waals surface area (Å²) in [7, 11) is 0. The number of nitrogens with one attached hydrogen (secondary N) is 2. The first kappa shape index (κ1) is 19.2. The van der Waals surface area contributed by atoms with Crippen molar-refractivity contribution >= 4 is 17.5 Å². The van der Waals surface area contributed by atoms with E-state index < -0.39 is 0 Å². The minimum atomic E-state index is -0.224. The van der Waals surface area contributed by atoms with Crippen LogP contribution in [0.4, 0.5) is 5.69 Å². The molecule has 0 aliphatic heterocycles. The minimum absolute atomic E-state index is 0.139. The summed E-state index contributed by atoms with van der Waals surface area (Å²) < 4.78 is 0. The number of phenolic OH excluding ortho intramolecular Hbond substituents is 1. The highest BCUT2D eigenvalue weighted by Gasteiger charge is 2.12. The van der Waals surface area contributed by atoms with Gasteiger partial charge in [-0.2, -0.15) is 0 Å². The molecule has 0 bridgehead atoms. The Bertz CT molecular complexity index is 970. The van der Waals surface area contributed by atoms with Crippen molar-refractivity contribution < 1.29 is 14.7 Å². The molecule has 0 aliphatic rings. The lowest BCUT2D eigenvalue weighted by atomic mass is 10.1. The van der Waals surface area contributed by atoms with Crippen LogP contribution in [0.3, 0.4) is 0 Å². The molecule has 5 nitrogen and oxygen atoms in total. The zero-order valence-corrected chi connectivity index (χ0v) is 15.6. The fraction of sp³-hybridized carbons (Fsp3) is 0.130. The maximum atomic E-state index is 12.3. The van der Waals surface area contributed by atoms with Gasteiger partial charge in [0.1, 0.15) is 5.75 Å². The van der Waals surface area contributed by atoms with Gasteiger partial charge < -0.3 is 15.7 Å². The molecule has 0 saturated carbocycles. The topological polar surface area (TPSA) is 78.4 Å². The lowest BCUT2D eigenvalue weighted by molar-refractivity contribution is -0.121. The molecule has 0 saturated heterocycles. The second-order valence-corrected chi connectivity index (χ2v) is 6.58. The molecule has 5 heteroatoms. The predicted octanol–water partition coefficient (Wildman–Crippen LogP) is 4.06. The maximum absolute atomic E-state index is 12.3. The Morgan fingerprint density at radius 2 is 1.68 bits per heavy atom. The van der Waals surface area contributed by atoms with Gasteiger partial charge in [-0.3, -0.25) is 9.59 Å². The number of hydrogen-bond donors (Lipinski definition) is 3. The molecule has 3 aromatic carbocycles. The number of rotatable bonds is 6. The van der Waals surface area contributed by atoms with Crippen LogP contribution in [0.25, 0.3) is 0 Å². The van der Waals surface area contributed by atoms with Crippen LogP contribution in [-0.2, 0) is 11.2 Å². The maximum Gasteiger partial charge on any atom is 0.255 e. The standard InChI is InChI=1S/C23H22N2O3/c1-16(24-22(27)14-17-7-5-12-21(26)13-17)19-10-6-11-20(15-19)25-23(28)18-8-3-2-4-9-18/h2-13,15-16,26H,14H2,1H3,(H,24,27)(H,25,28)/t16-/m0/s1. The summed E-state index contributed by atoms with van der Waals surface area (Å²) in [6, 6.07) is 22.8. The first-order valence-corrected chi connectivity index (χ1v) is 9.05. The van der Waals surface area contributed by atoms with Crippen molar-refractivity contribution in [2.24, 2.45) is 0 Å². The largest absolute Gasteiger partial charge is 0.508 e. The van der Waals surface area contributed by atoms with Gasteiger partial charge in [0.05, 0.1) is 12.5 Å². The Balaban J connectivity index is 1.62. The fourth-order valence-electron chi connectivity index (χ4n) is 2.91. The molecule has 3 rings (SSSR count). The summed E-state index contributed by atoms with van der Waals surface area (Å²) in [6.07, 6.45) is 0.184. The average Bonchev–Trinajstić information content (AvgIpc) is 2.68. The van der Waals surface area contributed by atoms with Gasteiger partial charge in [-0.05, 0) is 54.4 Å². The van der Waals surface area contributed by atoms with Gasteiger partial charge in [0.25, 0.3) is 5.91 Å². The van der Waals surface area contributed by atoms with E-state index in [0.29, 0.717) is 11.3 Å². The van der Waals surface area contributed by atoms with Crippen LogP contribution >= 0.6 is 0 Å². The number of carbonyl (C=O) groups is 2. The summed E-state index contributed by atoms with van der Waals surface area (Å²) in [5.74, 6) is -0.185. The summed E-state index contributed by atoms with van der Waals surface area (Å²) in [4.78, 5) is 24.6. The molecule has 142 valence electrons. The molecule has 28 heavy (non-hydrogen) atoms. The number of aromatic hydroxyl groups is 1. The Morgan fingerprint density at radius 3 is 2.43 bits per heavy atom. The zero-order chi connectivity index (χ0) is 19.9. The number of amides is 2. The third kappa shape index (κ3) is 5.20. The summed E-state index contributed by atoms with van der Waals surface area (Å²) in [6.45, 7) is 1.89. The third-order valence-electron chi connectivity index (χ3n) is 4.33. The third-order valence-corrected chi connectivity index (χ3v) is 4.33. The van der Waals surface area contributed by atoms with Gasteiger partial charge >= 0.3 is 0 Å². The first-order valence-electron chi connectivity index (χ1n) is 9.05. The summed E-state index contributed by atoms with van der Waals surface area (Å²) >= 11 is 0. The first-order chi connectivity index (χ1) is 13.5. The number of carbonyl (C=O) groups excluding carboxylic acids is 2. The molecule has 0 aliphatic carbocycles. The van der Waals surface area contributed by atoms with Gasteiger partial charge in [-0.1, -0.05) is 42.5 Å². The van der Waals surface area contributed by atoms with Crippen LogP contribution in [0, 0.1) is 0 Å². The monoisotopic (exact) mass is 374 g/mol. The molecule has 3 N–H and O–H groups in total. The van der Waals surface area contributed by atoms with Crippen LogP contribution in [0.15, 0.2) is 78.9 Å². The molecular formula is C23H22N2O3. The van der Waals surface area contributed by atoms with E-state index in [9.17, 15) is 14.7 Å². The van der Waals surface area contributed by atoms with E-state index in [1.165, 1.54) is 0 Å². The highest BCUT2D eigenvalue weighted by atomic mass is 16.3. The molecule has 0 spiro atoms. The highest BCUT2D eigenvalue weighted by Crippen LogP contribution is 2.19. The lowest BCUT2D eigenvalue weighted by Crippen LogP contribution is -2.28.